The molecule has 0 spiro atoms. The summed E-state index contributed by atoms with van der Waals surface area (Å²) in [6, 6.07) is 12.7. The van der Waals surface area contributed by atoms with Gasteiger partial charge in [-0.05, 0) is 61.7 Å². The molecule has 0 saturated carbocycles. The van der Waals surface area contributed by atoms with Gasteiger partial charge in [0.05, 0.1) is 24.2 Å². The van der Waals surface area contributed by atoms with Crippen molar-refractivity contribution in [3.05, 3.63) is 58.5 Å². The van der Waals surface area contributed by atoms with Gasteiger partial charge in [0.15, 0.2) is 0 Å². The van der Waals surface area contributed by atoms with Crippen molar-refractivity contribution in [2.45, 2.75) is 26.2 Å². The van der Waals surface area contributed by atoms with E-state index in [1.54, 1.807) is 24.3 Å². The summed E-state index contributed by atoms with van der Waals surface area (Å²) in [6.07, 6.45) is 1.67. The Morgan fingerprint density at radius 3 is 2.52 bits per heavy atom. The van der Waals surface area contributed by atoms with Crippen LogP contribution in [0.3, 0.4) is 0 Å². The lowest BCUT2D eigenvalue weighted by molar-refractivity contribution is -0.124. The molecule has 3 aromatic rings. The fourth-order valence-electron chi connectivity index (χ4n) is 2.96. The van der Waals surface area contributed by atoms with Gasteiger partial charge in [0.25, 0.3) is 0 Å². The van der Waals surface area contributed by atoms with Crippen LogP contribution in [-0.4, -0.2) is 34.9 Å². The number of amides is 2. The number of hydrogen-bond acceptors (Lipinski definition) is 4. The van der Waals surface area contributed by atoms with Crippen LogP contribution in [0.25, 0.3) is 11.0 Å². The number of rotatable bonds is 9. The van der Waals surface area contributed by atoms with Crippen molar-refractivity contribution in [3.8, 4) is 5.75 Å². The predicted octanol–water partition coefficient (Wildman–Crippen LogP) is 2.33. The molecule has 0 aliphatic carbocycles. The molecule has 3 rings (SSSR count). The molecule has 1 aromatic heterocycles. The number of anilines is 1. The molecule has 2 aromatic carbocycles. The maximum absolute atomic E-state index is 12.0. The number of nitrogens with one attached hydrogen (secondary N) is 4. The fraction of sp³-hybridized carbons (Fsp3) is 0.286. The number of H-pyrrole nitrogens is 2. The second-order valence-electron chi connectivity index (χ2n) is 6.59. The van der Waals surface area contributed by atoms with Crippen LogP contribution in [0.1, 0.15) is 25.3 Å². The van der Waals surface area contributed by atoms with E-state index in [1.165, 1.54) is 0 Å². The summed E-state index contributed by atoms with van der Waals surface area (Å²) in [5.41, 5.74) is 2.96. The van der Waals surface area contributed by atoms with Crippen LogP contribution >= 0.6 is 0 Å². The number of aryl methyl sites for hydroxylation is 1. The molecule has 0 saturated heterocycles. The van der Waals surface area contributed by atoms with Crippen LogP contribution in [0.4, 0.5) is 5.69 Å². The Kier molecular flexibility index (Phi) is 6.67. The highest BCUT2D eigenvalue weighted by atomic mass is 16.5. The zero-order chi connectivity index (χ0) is 20.6. The normalized spacial score (nSPS) is 10.7. The highest BCUT2D eigenvalue weighted by molar-refractivity contribution is 5.94. The van der Waals surface area contributed by atoms with Gasteiger partial charge < -0.3 is 25.3 Å². The molecule has 4 N–H and O–H groups in total. The van der Waals surface area contributed by atoms with Gasteiger partial charge >= 0.3 is 5.69 Å². The van der Waals surface area contributed by atoms with E-state index in [-0.39, 0.29) is 24.0 Å². The van der Waals surface area contributed by atoms with E-state index in [4.69, 9.17) is 4.74 Å². The molecule has 0 aliphatic heterocycles. The second-order valence-corrected chi connectivity index (χ2v) is 6.59. The Hall–Kier alpha value is -3.55. The average Bonchev–Trinajstić information content (AvgIpc) is 3.07. The fourth-order valence-corrected chi connectivity index (χ4v) is 2.96. The summed E-state index contributed by atoms with van der Waals surface area (Å²) in [7, 11) is 0. The molecule has 0 radical (unpaired) electrons. The molecule has 1 heterocycles. The first-order valence-electron chi connectivity index (χ1n) is 9.54. The Balaban J connectivity index is 1.37. The minimum absolute atomic E-state index is 0.0808. The summed E-state index contributed by atoms with van der Waals surface area (Å²) in [5, 5.41) is 5.35. The first kappa shape index (κ1) is 20.2. The monoisotopic (exact) mass is 396 g/mol. The van der Waals surface area contributed by atoms with Gasteiger partial charge in [-0.25, -0.2) is 4.79 Å². The molecule has 8 heteroatoms. The Morgan fingerprint density at radius 2 is 1.76 bits per heavy atom. The molecule has 0 fully saturated rings. The van der Waals surface area contributed by atoms with Gasteiger partial charge in [0.2, 0.25) is 11.8 Å². The van der Waals surface area contributed by atoms with Gasteiger partial charge in [0.1, 0.15) is 5.75 Å². The van der Waals surface area contributed by atoms with E-state index in [0.717, 1.165) is 22.3 Å². The standard InChI is InChI=1S/C21H24N4O4/c1-2-29-16-9-7-15(8-10-16)23-20(27)13-22-19(26)5-3-4-14-6-11-17-18(12-14)25-21(28)24-17/h6-12H,2-5,13H2,1H3,(H,22,26)(H,23,27)(H2,24,25,28). The summed E-state index contributed by atoms with van der Waals surface area (Å²) in [5.74, 6) is 0.271. The summed E-state index contributed by atoms with van der Waals surface area (Å²) >= 11 is 0. The smallest absolute Gasteiger partial charge is 0.323 e. The van der Waals surface area contributed by atoms with Crippen molar-refractivity contribution >= 4 is 28.5 Å². The first-order chi connectivity index (χ1) is 14.0. The predicted molar refractivity (Wildman–Crippen MR) is 111 cm³/mol. The van der Waals surface area contributed by atoms with Crippen LogP contribution in [0.2, 0.25) is 0 Å². The van der Waals surface area contributed by atoms with Crippen molar-refractivity contribution in [1.29, 1.82) is 0 Å². The number of aromatic nitrogens is 2. The SMILES string of the molecule is CCOc1ccc(NC(=O)CNC(=O)CCCc2ccc3[nH]c(=O)[nH]c3c2)cc1. The zero-order valence-corrected chi connectivity index (χ0v) is 16.2. The largest absolute Gasteiger partial charge is 0.494 e. The number of carbonyl (C=O) groups is 2. The Bertz CT molecular complexity index is 1040. The third kappa shape index (κ3) is 5.97. The van der Waals surface area contributed by atoms with Crippen molar-refractivity contribution < 1.29 is 14.3 Å². The lowest BCUT2D eigenvalue weighted by Crippen LogP contribution is -2.32. The van der Waals surface area contributed by atoms with Gasteiger partial charge in [-0.1, -0.05) is 6.07 Å². The van der Waals surface area contributed by atoms with E-state index >= 15 is 0 Å². The second kappa shape index (κ2) is 9.59. The van der Waals surface area contributed by atoms with E-state index < -0.39 is 0 Å². The van der Waals surface area contributed by atoms with E-state index in [1.807, 2.05) is 25.1 Å². The summed E-state index contributed by atoms with van der Waals surface area (Å²) < 4.78 is 5.35. The highest BCUT2D eigenvalue weighted by Crippen LogP contribution is 2.15. The maximum Gasteiger partial charge on any atom is 0.323 e. The molecule has 0 unspecified atom stereocenters. The van der Waals surface area contributed by atoms with Gasteiger partial charge in [0, 0.05) is 12.1 Å². The third-order valence-corrected chi connectivity index (χ3v) is 4.34. The summed E-state index contributed by atoms with van der Waals surface area (Å²) in [6.45, 7) is 2.40. The molecular formula is C21H24N4O4. The van der Waals surface area contributed by atoms with Crippen molar-refractivity contribution in [3.63, 3.8) is 0 Å². The van der Waals surface area contributed by atoms with Crippen molar-refractivity contribution in [2.75, 3.05) is 18.5 Å². The molecule has 29 heavy (non-hydrogen) atoms. The molecule has 0 atom stereocenters. The lowest BCUT2D eigenvalue weighted by atomic mass is 10.1. The molecular weight excluding hydrogens is 372 g/mol. The highest BCUT2D eigenvalue weighted by Gasteiger charge is 2.07. The number of ether oxygens (including phenoxy) is 1. The average molecular weight is 396 g/mol. The minimum atomic E-state index is -0.288. The molecule has 0 bridgehead atoms. The number of imidazole rings is 1. The molecule has 8 nitrogen and oxygen atoms in total. The van der Waals surface area contributed by atoms with Crippen LogP contribution in [0, 0.1) is 0 Å². The minimum Gasteiger partial charge on any atom is -0.494 e. The van der Waals surface area contributed by atoms with E-state index in [2.05, 4.69) is 20.6 Å². The van der Waals surface area contributed by atoms with Gasteiger partial charge in [-0.15, -0.1) is 0 Å². The third-order valence-electron chi connectivity index (χ3n) is 4.34. The Morgan fingerprint density at radius 1 is 1.00 bits per heavy atom. The van der Waals surface area contributed by atoms with E-state index in [0.29, 0.717) is 31.6 Å². The molecule has 0 aliphatic rings. The quantitative estimate of drug-likeness (QED) is 0.444. The number of hydrogen-bond donors (Lipinski definition) is 4. The molecule has 2 amide bonds. The number of fused-ring (bicyclic) bond motifs is 1. The maximum atomic E-state index is 12.0. The van der Waals surface area contributed by atoms with E-state index in [9.17, 15) is 14.4 Å². The molecule has 152 valence electrons. The zero-order valence-electron chi connectivity index (χ0n) is 16.2. The number of aromatic amines is 2. The first-order valence-corrected chi connectivity index (χ1v) is 9.54. The Labute approximate surface area is 167 Å². The summed E-state index contributed by atoms with van der Waals surface area (Å²) in [4.78, 5) is 40.6. The van der Waals surface area contributed by atoms with Crippen LogP contribution < -0.4 is 21.1 Å². The van der Waals surface area contributed by atoms with Crippen molar-refractivity contribution in [2.24, 2.45) is 0 Å². The lowest BCUT2D eigenvalue weighted by Gasteiger charge is -2.08. The topological polar surface area (TPSA) is 116 Å². The number of carbonyl (C=O) groups excluding carboxylic acids is 2. The van der Waals surface area contributed by atoms with Gasteiger partial charge in [-0.2, -0.15) is 0 Å². The van der Waals surface area contributed by atoms with Crippen LogP contribution in [0.15, 0.2) is 47.3 Å². The number of benzene rings is 2. The van der Waals surface area contributed by atoms with Crippen LogP contribution in [0.5, 0.6) is 5.75 Å². The van der Waals surface area contributed by atoms with Gasteiger partial charge in [-0.3, -0.25) is 9.59 Å². The van der Waals surface area contributed by atoms with Crippen LogP contribution in [-0.2, 0) is 16.0 Å². The van der Waals surface area contributed by atoms with Crippen molar-refractivity contribution in [1.82, 2.24) is 15.3 Å².